The van der Waals surface area contributed by atoms with Crippen LogP contribution in [0.1, 0.15) is 37.2 Å². The van der Waals surface area contributed by atoms with Crippen LogP contribution in [0.25, 0.3) is 11.1 Å². The average Bonchev–Trinajstić information content (AvgIpc) is 2.38. The summed E-state index contributed by atoms with van der Waals surface area (Å²) in [5.41, 5.74) is 4.31. The first kappa shape index (κ1) is 11.3. The molecule has 0 aromatic heterocycles. The van der Waals surface area contributed by atoms with E-state index in [-0.39, 0.29) is 0 Å². The molecule has 2 heteroatoms. The number of aliphatic hydroxyl groups is 1. The summed E-state index contributed by atoms with van der Waals surface area (Å²) in [5, 5.41) is 10.1. The van der Waals surface area contributed by atoms with Crippen LogP contribution in [0.15, 0.2) is 42.5 Å². The van der Waals surface area contributed by atoms with Crippen molar-refractivity contribution in [3.05, 3.63) is 53.6 Å². The Balaban J connectivity index is 2.32. The van der Waals surface area contributed by atoms with Crippen molar-refractivity contribution in [1.82, 2.24) is 0 Å². The summed E-state index contributed by atoms with van der Waals surface area (Å²) in [6.07, 6.45) is -0.867. The molecule has 2 aromatic carbocycles. The van der Waals surface area contributed by atoms with Crippen LogP contribution in [0.2, 0.25) is 0 Å². The van der Waals surface area contributed by atoms with Crippen LogP contribution in [0, 0.1) is 0 Å². The van der Waals surface area contributed by atoms with Crippen LogP contribution in [0.3, 0.4) is 0 Å². The third-order valence-corrected chi connectivity index (χ3v) is 3.41. The topological polar surface area (TPSA) is 29.5 Å². The highest BCUT2D eigenvalue weighted by Crippen LogP contribution is 2.44. The van der Waals surface area contributed by atoms with Gasteiger partial charge in [-0.2, -0.15) is 0 Å². The maximum Gasteiger partial charge on any atom is 0.224 e. The van der Waals surface area contributed by atoms with E-state index in [0.29, 0.717) is 5.92 Å². The van der Waals surface area contributed by atoms with Gasteiger partial charge in [-0.25, -0.2) is 0 Å². The van der Waals surface area contributed by atoms with Gasteiger partial charge in [0.05, 0.1) is 0 Å². The molecule has 18 heavy (non-hydrogen) atoms. The molecule has 0 radical (unpaired) electrons. The van der Waals surface area contributed by atoms with Gasteiger partial charge in [0.1, 0.15) is 5.75 Å². The van der Waals surface area contributed by atoms with Gasteiger partial charge in [-0.05, 0) is 23.1 Å². The predicted molar refractivity (Wildman–Crippen MR) is 71.6 cm³/mol. The number of para-hydroxylation sites is 1. The average molecular weight is 240 g/mol. The zero-order valence-corrected chi connectivity index (χ0v) is 10.6. The summed E-state index contributed by atoms with van der Waals surface area (Å²) in [4.78, 5) is 0. The lowest BCUT2D eigenvalue weighted by Gasteiger charge is -2.28. The monoisotopic (exact) mass is 240 g/mol. The van der Waals surface area contributed by atoms with Gasteiger partial charge in [-0.3, -0.25) is 0 Å². The van der Waals surface area contributed by atoms with E-state index in [4.69, 9.17) is 4.74 Å². The fourth-order valence-corrected chi connectivity index (χ4v) is 2.55. The van der Waals surface area contributed by atoms with E-state index in [1.54, 1.807) is 0 Å². The van der Waals surface area contributed by atoms with Gasteiger partial charge < -0.3 is 9.84 Å². The quantitative estimate of drug-likeness (QED) is 0.820. The summed E-state index contributed by atoms with van der Waals surface area (Å²) < 4.78 is 5.55. The molecule has 1 aliphatic heterocycles. The first-order chi connectivity index (χ1) is 8.68. The van der Waals surface area contributed by atoms with E-state index < -0.39 is 6.29 Å². The molecule has 1 N–H and O–H groups in total. The van der Waals surface area contributed by atoms with E-state index in [2.05, 4.69) is 19.9 Å². The molecule has 1 aliphatic rings. The second-order valence-electron chi connectivity index (χ2n) is 4.93. The molecule has 1 atom stereocenters. The minimum absolute atomic E-state index is 0.415. The number of rotatable bonds is 1. The molecule has 2 aromatic rings. The lowest BCUT2D eigenvalue weighted by molar-refractivity contribution is -0.0213. The van der Waals surface area contributed by atoms with E-state index in [1.807, 2.05) is 36.4 Å². The van der Waals surface area contributed by atoms with Crippen molar-refractivity contribution >= 4 is 0 Å². The van der Waals surface area contributed by atoms with E-state index >= 15 is 0 Å². The molecule has 0 fully saturated rings. The van der Waals surface area contributed by atoms with Gasteiger partial charge in [0.25, 0.3) is 0 Å². The summed E-state index contributed by atoms with van der Waals surface area (Å²) in [6.45, 7) is 4.33. The molecule has 0 amide bonds. The number of hydrogen-bond donors (Lipinski definition) is 1. The van der Waals surface area contributed by atoms with Gasteiger partial charge in [-0.15, -0.1) is 0 Å². The Labute approximate surface area is 107 Å². The van der Waals surface area contributed by atoms with Crippen molar-refractivity contribution in [2.75, 3.05) is 0 Å². The normalized spacial score (nSPS) is 17.0. The van der Waals surface area contributed by atoms with Crippen molar-refractivity contribution in [2.24, 2.45) is 0 Å². The zero-order valence-electron chi connectivity index (χ0n) is 10.6. The van der Waals surface area contributed by atoms with Crippen LogP contribution in [-0.4, -0.2) is 5.11 Å². The Morgan fingerprint density at radius 1 is 1.06 bits per heavy atom. The minimum atomic E-state index is -0.867. The molecular weight excluding hydrogens is 224 g/mol. The second kappa shape index (κ2) is 4.14. The first-order valence-corrected chi connectivity index (χ1v) is 6.25. The molecule has 0 saturated carbocycles. The standard InChI is InChI=1S/C16H16O2/c1-10(2)11-7-5-8-13-15(11)12-6-3-4-9-14(12)18-16(13)17/h3-10,16-17H,1-2H3. The third kappa shape index (κ3) is 1.61. The third-order valence-electron chi connectivity index (χ3n) is 3.41. The van der Waals surface area contributed by atoms with Crippen LogP contribution >= 0.6 is 0 Å². The van der Waals surface area contributed by atoms with Crippen LogP contribution in [0.5, 0.6) is 5.75 Å². The largest absolute Gasteiger partial charge is 0.460 e. The number of aliphatic hydroxyl groups excluding tert-OH is 1. The second-order valence-corrected chi connectivity index (χ2v) is 4.93. The highest BCUT2D eigenvalue weighted by Gasteiger charge is 2.26. The summed E-state index contributed by atoms with van der Waals surface area (Å²) >= 11 is 0. The van der Waals surface area contributed by atoms with Gasteiger partial charge >= 0.3 is 0 Å². The zero-order chi connectivity index (χ0) is 12.7. The van der Waals surface area contributed by atoms with Crippen LogP contribution in [-0.2, 0) is 0 Å². The van der Waals surface area contributed by atoms with E-state index in [9.17, 15) is 5.11 Å². The fraction of sp³-hybridized carbons (Fsp3) is 0.250. The Hall–Kier alpha value is -1.80. The molecule has 2 nitrogen and oxygen atoms in total. The molecule has 92 valence electrons. The Bertz CT molecular complexity index is 573. The molecule has 3 rings (SSSR count). The summed E-state index contributed by atoms with van der Waals surface area (Å²) in [7, 11) is 0. The number of fused-ring (bicyclic) bond motifs is 3. The highest BCUT2D eigenvalue weighted by atomic mass is 16.6. The van der Waals surface area contributed by atoms with Crippen LogP contribution in [0.4, 0.5) is 0 Å². The van der Waals surface area contributed by atoms with Gasteiger partial charge in [0, 0.05) is 11.1 Å². The van der Waals surface area contributed by atoms with Crippen molar-refractivity contribution in [2.45, 2.75) is 26.1 Å². The number of hydrogen-bond acceptors (Lipinski definition) is 2. The van der Waals surface area contributed by atoms with Crippen molar-refractivity contribution in [3.8, 4) is 16.9 Å². The fourth-order valence-electron chi connectivity index (χ4n) is 2.55. The van der Waals surface area contributed by atoms with Crippen molar-refractivity contribution < 1.29 is 9.84 Å². The lowest BCUT2D eigenvalue weighted by atomic mass is 9.87. The molecular formula is C16H16O2. The number of benzene rings is 2. The summed E-state index contributed by atoms with van der Waals surface area (Å²) in [5.74, 6) is 1.17. The van der Waals surface area contributed by atoms with Gasteiger partial charge in [0.15, 0.2) is 0 Å². The molecule has 0 bridgehead atoms. The number of ether oxygens (including phenoxy) is 1. The molecule has 1 heterocycles. The smallest absolute Gasteiger partial charge is 0.224 e. The van der Waals surface area contributed by atoms with E-state index in [1.165, 1.54) is 5.56 Å². The van der Waals surface area contributed by atoms with Crippen molar-refractivity contribution in [3.63, 3.8) is 0 Å². The molecule has 0 spiro atoms. The lowest BCUT2D eigenvalue weighted by Crippen LogP contribution is -2.14. The highest BCUT2D eigenvalue weighted by molar-refractivity contribution is 5.78. The molecule has 1 unspecified atom stereocenters. The Morgan fingerprint density at radius 2 is 1.83 bits per heavy atom. The minimum Gasteiger partial charge on any atom is -0.460 e. The van der Waals surface area contributed by atoms with Crippen molar-refractivity contribution in [1.29, 1.82) is 0 Å². The maximum atomic E-state index is 10.1. The summed E-state index contributed by atoms with van der Waals surface area (Å²) in [6, 6.07) is 13.9. The van der Waals surface area contributed by atoms with Crippen LogP contribution < -0.4 is 4.74 Å². The Morgan fingerprint density at radius 3 is 2.61 bits per heavy atom. The molecule has 0 aliphatic carbocycles. The van der Waals surface area contributed by atoms with Gasteiger partial charge in [-0.1, -0.05) is 50.2 Å². The van der Waals surface area contributed by atoms with Gasteiger partial charge in [0.2, 0.25) is 6.29 Å². The molecule has 0 saturated heterocycles. The predicted octanol–water partition coefficient (Wildman–Crippen LogP) is 3.86. The maximum absolute atomic E-state index is 10.1. The Kier molecular flexibility index (Phi) is 2.60. The van der Waals surface area contributed by atoms with E-state index in [0.717, 1.165) is 22.4 Å². The SMILES string of the molecule is CC(C)c1cccc2c1-c1ccccc1OC2O. The first-order valence-electron chi connectivity index (χ1n) is 6.25.